The van der Waals surface area contributed by atoms with E-state index >= 15 is 0 Å². The third kappa shape index (κ3) is 4.11. The molecule has 0 radical (unpaired) electrons. The smallest absolute Gasteiger partial charge is 0.416 e. The van der Waals surface area contributed by atoms with Crippen LogP contribution in [-0.2, 0) is 10.9 Å². The second kappa shape index (κ2) is 6.45. The first kappa shape index (κ1) is 15.1. The molecule has 1 atom stereocenters. The van der Waals surface area contributed by atoms with Gasteiger partial charge in [-0.25, -0.2) is 0 Å². The third-order valence-electron chi connectivity index (χ3n) is 3.39. The van der Waals surface area contributed by atoms with Crippen LogP contribution in [-0.4, -0.2) is 31.0 Å². The van der Waals surface area contributed by atoms with E-state index in [0.717, 1.165) is 25.0 Å². The molecule has 0 aliphatic carbocycles. The van der Waals surface area contributed by atoms with Crippen LogP contribution in [0.15, 0.2) is 24.3 Å². The molecule has 112 valence electrons. The fourth-order valence-electron chi connectivity index (χ4n) is 2.18. The largest absolute Gasteiger partial charge is 0.491 e. The minimum atomic E-state index is -4.39. The van der Waals surface area contributed by atoms with E-state index in [1.54, 1.807) is 0 Å². The molecule has 0 spiro atoms. The Kier molecular flexibility index (Phi) is 4.88. The predicted molar refractivity (Wildman–Crippen MR) is 66.5 cm³/mol. The summed E-state index contributed by atoms with van der Waals surface area (Å²) in [6, 6.07) is 4.67. The molecule has 0 saturated carbocycles. The van der Waals surface area contributed by atoms with Gasteiger partial charge >= 0.3 is 6.18 Å². The number of hydrogen-bond donors (Lipinski definition) is 1. The zero-order chi connectivity index (χ0) is 14.6. The number of benzene rings is 1. The summed E-state index contributed by atoms with van der Waals surface area (Å²) >= 11 is 0. The summed E-state index contributed by atoms with van der Waals surface area (Å²) < 4.78 is 48.1. The highest BCUT2D eigenvalue weighted by Gasteiger charge is 2.30. The van der Waals surface area contributed by atoms with Crippen molar-refractivity contribution in [2.75, 3.05) is 19.8 Å². The maximum absolute atomic E-state index is 12.5. The highest BCUT2D eigenvalue weighted by atomic mass is 19.4. The van der Waals surface area contributed by atoms with Gasteiger partial charge in [0.15, 0.2) is 0 Å². The summed E-state index contributed by atoms with van der Waals surface area (Å²) in [5, 5.41) is 9.96. The Hall–Kier alpha value is -1.27. The molecule has 1 aromatic rings. The van der Waals surface area contributed by atoms with E-state index in [4.69, 9.17) is 9.47 Å². The SMILES string of the molecule is OC(COc1cccc(C(F)(F)F)c1)C1CCOCC1. The molecule has 0 aromatic heterocycles. The lowest BCUT2D eigenvalue weighted by molar-refractivity contribution is -0.137. The van der Waals surface area contributed by atoms with Crippen LogP contribution in [0, 0.1) is 5.92 Å². The quantitative estimate of drug-likeness (QED) is 0.926. The van der Waals surface area contributed by atoms with Crippen LogP contribution in [0.25, 0.3) is 0 Å². The average Bonchev–Trinajstić information content (AvgIpc) is 2.45. The van der Waals surface area contributed by atoms with E-state index in [9.17, 15) is 18.3 Å². The van der Waals surface area contributed by atoms with Crippen LogP contribution in [0.4, 0.5) is 13.2 Å². The molecule has 0 amide bonds. The zero-order valence-electron chi connectivity index (χ0n) is 10.9. The molecule has 1 aromatic carbocycles. The van der Waals surface area contributed by atoms with Gasteiger partial charge in [0.1, 0.15) is 12.4 Å². The summed E-state index contributed by atoms with van der Waals surface area (Å²) in [4.78, 5) is 0. The fraction of sp³-hybridized carbons (Fsp3) is 0.571. The van der Waals surface area contributed by atoms with Crippen molar-refractivity contribution in [1.29, 1.82) is 0 Å². The van der Waals surface area contributed by atoms with Gasteiger partial charge in [-0.1, -0.05) is 6.07 Å². The molecule has 1 aliphatic heterocycles. The van der Waals surface area contributed by atoms with E-state index in [1.165, 1.54) is 12.1 Å². The van der Waals surface area contributed by atoms with Gasteiger partial charge in [0, 0.05) is 13.2 Å². The molecule has 1 aliphatic rings. The third-order valence-corrected chi connectivity index (χ3v) is 3.39. The summed E-state index contributed by atoms with van der Waals surface area (Å²) in [5.41, 5.74) is -0.754. The van der Waals surface area contributed by atoms with E-state index < -0.39 is 17.8 Å². The van der Waals surface area contributed by atoms with Crippen molar-refractivity contribution in [3.8, 4) is 5.75 Å². The molecule has 3 nitrogen and oxygen atoms in total. The second-order valence-corrected chi connectivity index (χ2v) is 4.85. The van der Waals surface area contributed by atoms with Gasteiger partial charge < -0.3 is 14.6 Å². The van der Waals surface area contributed by atoms with Gasteiger partial charge in [0.2, 0.25) is 0 Å². The Morgan fingerprint density at radius 1 is 1.30 bits per heavy atom. The first-order valence-electron chi connectivity index (χ1n) is 6.52. The van der Waals surface area contributed by atoms with Crippen molar-refractivity contribution in [1.82, 2.24) is 0 Å². The Balaban J connectivity index is 1.90. The average molecular weight is 290 g/mol. The maximum Gasteiger partial charge on any atom is 0.416 e. The molecule has 1 unspecified atom stereocenters. The van der Waals surface area contributed by atoms with Gasteiger partial charge in [-0.15, -0.1) is 0 Å². The molecule has 6 heteroatoms. The van der Waals surface area contributed by atoms with Crippen molar-refractivity contribution >= 4 is 0 Å². The van der Waals surface area contributed by atoms with Gasteiger partial charge in [-0.2, -0.15) is 13.2 Å². The summed E-state index contributed by atoms with van der Waals surface area (Å²) in [7, 11) is 0. The van der Waals surface area contributed by atoms with Gasteiger partial charge in [0.05, 0.1) is 11.7 Å². The van der Waals surface area contributed by atoms with Crippen LogP contribution in [0.3, 0.4) is 0 Å². The molecule has 0 bridgehead atoms. The molecular weight excluding hydrogens is 273 g/mol. The normalized spacial score (nSPS) is 18.8. The Morgan fingerprint density at radius 3 is 2.65 bits per heavy atom. The highest BCUT2D eigenvalue weighted by molar-refractivity contribution is 5.30. The first-order chi connectivity index (χ1) is 9.47. The maximum atomic E-state index is 12.5. The second-order valence-electron chi connectivity index (χ2n) is 4.85. The Labute approximate surface area is 115 Å². The molecule has 20 heavy (non-hydrogen) atoms. The van der Waals surface area contributed by atoms with Gasteiger partial charge in [0.25, 0.3) is 0 Å². The van der Waals surface area contributed by atoms with Crippen LogP contribution < -0.4 is 4.74 Å². The predicted octanol–water partition coefficient (Wildman–Crippen LogP) is 2.87. The van der Waals surface area contributed by atoms with Gasteiger partial charge in [-0.3, -0.25) is 0 Å². The lowest BCUT2D eigenvalue weighted by Gasteiger charge is -2.26. The highest BCUT2D eigenvalue weighted by Crippen LogP contribution is 2.31. The topological polar surface area (TPSA) is 38.7 Å². The van der Waals surface area contributed by atoms with Crippen molar-refractivity contribution in [2.24, 2.45) is 5.92 Å². The molecule has 2 rings (SSSR count). The number of aliphatic hydroxyl groups is 1. The van der Waals surface area contributed by atoms with Crippen molar-refractivity contribution in [2.45, 2.75) is 25.1 Å². The number of halogens is 3. The molecule has 1 saturated heterocycles. The van der Waals surface area contributed by atoms with Crippen molar-refractivity contribution < 1.29 is 27.8 Å². The minimum absolute atomic E-state index is 0.00796. The monoisotopic (exact) mass is 290 g/mol. The van der Waals surface area contributed by atoms with Crippen molar-refractivity contribution in [3.63, 3.8) is 0 Å². The summed E-state index contributed by atoms with van der Waals surface area (Å²) in [5.74, 6) is 0.195. The Bertz CT molecular complexity index is 428. The summed E-state index contributed by atoms with van der Waals surface area (Å²) in [6.45, 7) is 1.20. The lowest BCUT2D eigenvalue weighted by atomic mass is 9.94. The zero-order valence-corrected chi connectivity index (χ0v) is 10.9. The standard InChI is InChI=1S/C14H17F3O3/c15-14(16,17)11-2-1-3-12(8-11)20-9-13(18)10-4-6-19-7-5-10/h1-3,8,10,13,18H,4-7,9H2. The van der Waals surface area contributed by atoms with Crippen LogP contribution in [0.1, 0.15) is 18.4 Å². The fourth-order valence-corrected chi connectivity index (χ4v) is 2.18. The number of alkyl halides is 3. The number of ether oxygens (including phenoxy) is 2. The van der Waals surface area contributed by atoms with E-state index in [2.05, 4.69) is 0 Å². The van der Waals surface area contributed by atoms with Gasteiger partial charge in [-0.05, 0) is 37.0 Å². The molecule has 1 fully saturated rings. The number of hydrogen-bond acceptors (Lipinski definition) is 3. The lowest BCUT2D eigenvalue weighted by Crippen LogP contribution is -2.31. The molecular formula is C14H17F3O3. The summed E-state index contributed by atoms with van der Waals surface area (Å²) in [6.07, 6.45) is -3.59. The van der Waals surface area contributed by atoms with Crippen LogP contribution >= 0.6 is 0 Å². The van der Waals surface area contributed by atoms with E-state index in [1.807, 2.05) is 0 Å². The Morgan fingerprint density at radius 2 is 2.00 bits per heavy atom. The minimum Gasteiger partial charge on any atom is -0.491 e. The van der Waals surface area contributed by atoms with E-state index in [0.29, 0.717) is 13.2 Å². The van der Waals surface area contributed by atoms with Crippen molar-refractivity contribution in [3.05, 3.63) is 29.8 Å². The molecule has 1 N–H and O–H groups in total. The van der Waals surface area contributed by atoms with E-state index in [-0.39, 0.29) is 18.3 Å². The van der Waals surface area contributed by atoms with Crippen LogP contribution in [0.5, 0.6) is 5.75 Å². The number of aliphatic hydroxyl groups excluding tert-OH is 1. The first-order valence-corrected chi connectivity index (χ1v) is 6.52. The molecule has 1 heterocycles. The van der Waals surface area contributed by atoms with Crippen LogP contribution in [0.2, 0.25) is 0 Å². The number of rotatable bonds is 4.